The van der Waals surface area contributed by atoms with Crippen LogP contribution in [0.15, 0.2) is 53.4 Å². The molecule has 1 heterocycles. The maximum Gasteiger partial charge on any atom is 0.248 e. The van der Waals surface area contributed by atoms with E-state index in [2.05, 4.69) is 20.8 Å². The number of hydrogen-bond donors (Lipinski definition) is 2. The third-order valence-electron chi connectivity index (χ3n) is 5.70. The molecule has 2 aromatic carbocycles. The molecule has 0 saturated carbocycles. The summed E-state index contributed by atoms with van der Waals surface area (Å²) >= 11 is 0. The number of carbonyl (C=O) groups excluding carboxylic acids is 1. The Morgan fingerprint density at radius 2 is 1.67 bits per heavy atom. The molecule has 0 unspecified atom stereocenters. The summed E-state index contributed by atoms with van der Waals surface area (Å²) in [6.07, 6.45) is -0.692. The quantitative estimate of drug-likeness (QED) is 0.602. The first-order chi connectivity index (χ1) is 15.5. The zero-order chi connectivity index (χ0) is 24.2. The maximum atomic E-state index is 12.9. The first-order valence-electron chi connectivity index (χ1n) is 11.0. The van der Waals surface area contributed by atoms with E-state index in [4.69, 9.17) is 10.5 Å². The van der Waals surface area contributed by atoms with Gasteiger partial charge >= 0.3 is 0 Å². The fourth-order valence-corrected chi connectivity index (χ4v) is 5.26. The average Bonchev–Trinajstić information content (AvgIpc) is 2.77. The van der Waals surface area contributed by atoms with Crippen molar-refractivity contribution in [3.8, 4) is 5.75 Å². The molecule has 0 spiro atoms. The Bertz CT molecular complexity index is 1060. The number of carbonyl (C=O) groups is 1. The summed E-state index contributed by atoms with van der Waals surface area (Å²) in [6.45, 7) is 8.57. The van der Waals surface area contributed by atoms with E-state index in [0.717, 1.165) is 11.3 Å². The number of piperazine rings is 1. The summed E-state index contributed by atoms with van der Waals surface area (Å²) in [7, 11) is -3.65. The van der Waals surface area contributed by atoms with Crippen LogP contribution in [-0.2, 0) is 15.4 Å². The predicted octanol–water partition coefficient (Wildman–Crippen LogP) is 1.83. The van der Waals surface area contributed by atoms with Gasteiger partial charge in [-0.3, -0.25) is 9.69 Å². The number of para-hydroxylation sites is 1. The summed E-state index contributed by atoms with van der Waals surface area (Å²) in [5.41, 5.74) is 6.50. The number of aliphatic hydroxyl groups is 1. The lowest BCUT2D eigenvalue weighted by Gasteiger charge is -2.35. The van der Waals surface area contributed by atoms with Gasteiger partial charge in [-0.2, -0.15) is 4.31 Å². The highest BCUT2D eigenvalue weighted by molar-refractivity contribution is 7.89. The van der Waals surface area contributed by atoms with E-state index in [-0.39, 0.29) is 22.5 Å². The average molecular weight is 476 g/mol. The van der Waals surface area contributed by atoms with Crippen LogP contribution in [-0.4, -0.2) is 74.1 Å². The van der Waals surface area contributed by atoms with E-state index in [1.54, 1.807) is 0 Å². The molecule has 33 heavy (non-hydrogen) atoms. The van der Waals surface area contributed by atoms with Gasteiger partial charge in [0.25, 0.3) is 0 Å². The monoisotopic (exact) mass is 475 g/mol. The largest absolute Gasteiger partial charge is 0.491 e. The number of amides is 1. The van der Waals surface area contributed by atoms with Crippen LogP contribution in [0.5, 0.6) is 5.75 Å². The molecule has 0 radical (unpaired) electrons. The summed E-state index contributed by atoms with van der Waals surface area (Å²) in [5.74, 6) is 0.166. The number of benzene rings is 2. The van der Waals surface area contributed by atoms with E-state index in [9.17, 15) is 18.3 Å². The number of sulfonamides is 1. The number of ether oxygens (including phenoxy) is 1. The first kappa shape index (κ1) is 25.2. The number of β-amino-alcohol motifs (C(OH)–C–C–N with tert-alkyl or cyclic N) is 1. The molecule has 1 saturated heterocycles. The molecule has 3 rings (SSSR count). The van der Waals surface area contributed by atoms with E-state index in [1.807, 2.05) is 29.2 Å². The zero-order valence-electron chi connectivity index (χ0n) is 19.4. The van der Waals surface area contributed by atoms with Crippen LogP contribution in [0.3, 0.4) is 0 Å². The third-order valence-corrected chi connectivity index (χ3v) is 7.62. The Balaban J connectivity index is 1.51. The van der Waals surface area contributed by atoms with Gasteiger partial charge in [-0.1, -0.05) is 39.0 Å². The minimum atomic E-state index is -3.65. The molecule has 2 aromatic rings. The number of rotatable bonds is 8. The highest BCUT2D eigenvalue weighted by Crippen LogP contribution is 2.31. The van der Waals surface area contributed by atoms with Gasteiger partial charge in [-0.25, -0.2) is 8.42 Å². The topological polar surface area (TPSA) is 113 Å². The van der Waals surface area contributed by atoms with Crippen molar-refractivity contribution in [2.45, 2.75) is 37.2 Å². The Morgan fingerprint density at radius 3 is 2.24 bits per heavy atom. The second kappa shape index (κ2) is 10.2. The zero-order valence-corrected chi connectivity index (χ0v) is 20.2. The molecule has 180 valence electrons. The van der Waals surface area contributed by atoms with Crippen LogP contribution in [0.4, 0.5) is 0 Å². The van der Waals surface area contributed by atoms with Crippen molar-refractivity contribution in [2.75, 3.05) is 39.3 Å². The molecule has 0 aliphatic carbocycles. The lowest BCUT2D eigenvalue weighted by atomic mass is 9.86. The summed E-state index contributed by atoms with van der Waals surface area (Å²) in [4.78, 5) is 13.4. The van der Waals surface area contributed by atoms with Crippen molar-refractivity contribution in [3.63, 3.8) is 0 Å². The van der Waals surface area contributed by atoms with Gasteiger partial charge in [0, 0.05) is 38.3 Å². The molecule has 1 amide bonds. The lowest BCUT2D eigenvalue weighted by molar-refractivity contribution is 0.0563. The van der Waals surface area contributed by atoms with Gasteiger partial charge in [0.05, 0.1) is 4.90 Å². The van der Waals surface area contributed by atoms with Crippen LogP contribution in [0.1, 0.15) is 36.7 Å². The van der Waals surface area contributed by atoms with Crippen molar-refractivity contribution in [1.29, 1.82) is 0 Å². The van der Waals surface area contributed by atoms with Crippen molar-refractivity contribution in [1.82, 2.24) is 9.21 Å². The molecule has 0 bridgehead atoms. The smallest absolute Gasteiger partial charge is 0.248 e. The fourth-order valence-electron chi connectivity index (χ4n) is 3.84. The maximum absolute atomic E-state index is 12.9. The van der Waals surface area contributed by atoms with Crippen LogP contribution < -0.4 is 10.5 Å². The molecule has 1 aliphatic heterocycles. The normalized spacial score (nSPS) is 17.0. The molecule has 9 heteroatoms. The Labute approximate surface area is 196 Å². The van der Waals surface area contributed by atoms with Crippen molar-refractivity contribution in [3.05, 3.63) is 59.7 Å². The van der Waals surface area contributed by atoms with Gasteiger partial charge in [-0.15, -0.1) is 0 Å². The molecule has 3 N–H and O–H groups in total. The van der Waals surface area contributed by atoms with Gasteiger partial charge < -0.3 is 15.6 Å². The fraction of sp³-hybridized carbons (Fsp3) is 0.458. The van der Waals surface area contributed by atoms with E-state index < -0.39 is 22.0 Å². The molecular formula is C24H33N3O5S. The SMILES string of the molecule is CC(C)(C)c1ccccc1OC[C@@H](O)CN1CCN(S(=O)(=O)c2ccc(C(N)=O)cc2)CC1. The summed E-state index contributed by atoms with van der Waals surface area (Å²) < 4.78 is 33.1. The molecule has 0 aromatic heterocycles. The van der Waals surface area contributed by atoms with Gasteiger partial charge in [0.1, 0.15) is 18.5 Å². The Hall–Kier alpha value is -2.46. The van der Waals surface area contributed by atoms with Gasteiger partial charge in [0.2, 0.25) is 15.9 Å². The molecule has 1 atom stereocenters. The molecule has 8 nitrogen and oxygen atoms in total. The highest BCUT2D eigenvalue weighted by atomic mass is 32.2. The van der Waals surface area contributed by atoms with Crippen LogP contribution in [0, 0.1) is 0 Å². The highest BCUT2D eigenvalue weighted by Gasteiger charge is 2.29. The third kappa shape index (κ3) is 6.32. The minimum Gasteiger partial charge on any atom is -0.491 e. The second-order valence-electron chi connectivity index (χ2n) is 9.30. The van der Waals surface area contributed by atoms with Gasteiger partial charge in [0.15, 0.2) is 0 Å². The van der Waals surface area contributed by atoms with Crippen LogP contribution in [0.2, 0.25) is 0 Å². The van der Waals surface area contributed by atoms with Crippen LogP contribution in [0.25, 0.3) is 0 Å². The van der Waals surface area contributed by atoms with Crippen molar-refractivity contribution in [2.24, 2.45) is 5.73 Å². The predicted molar refractivity (Wildman–Crippen MR) is 127 cm³/mol. The number of aliphatic hydroxyl groups excluding tert-OH is 1. The second-order valence-corrected chi connectivity index (χ2v) is 11.2. The summed E-state index contributed by atoms with van der Waals surface area (Å²) in [6, 6.07) is 13.5. The Kier molecular flexibility index (Phi) is 7.79. The first-order valence-corrected chi connectivity index (χ1v) is 12.5. The molecule has 1 fully saturated rings. The number of nitrogens with two attached hydrogens (primary N) is 1. The standard InChI is InChI=1S/C24H33N3O5S/c1-24(2,3)21-6-4-5-7-22(21)32-17-19(28)16-26-12-14-27(15-13-26)33(30,31)20-10-8-18(9-11-20)23(25)29/h4-11,19,28H,12-17H2,1-3H3,(H2,25,29)/t19-/m0/s1. The number of nitrogens with zero attached hydrogens (tertiary/aromatic N) is 2. The molecule has 1 aliphatic rings. The van der Waals surface area contributed by atoms with E-state index in [1.165, 1.54) is 28.6 Å². The summed E-state index contributed by atoms with van der Waals surface area (Å²) in [5, 5.41) is 10.5. The molecular weight excluding hydrogens is 442 g/mol. The van der Waals surface area contributed by atoms with Gasteiger partial charge in [-0.05, 0) is 41.3 Å². The van der Waals surface area contributed by atoms with Crippen molar-refractivity contribution >= 4 is 15.9 Å². The number of hydrogen-bond acceptors (Lipinski definition) is 6. The van der Waals surface area contributed by atoms with E-state index in [0.29, 0.717) is 32.7 Å². The Morgan fingerprint density at radius 1 is 1.06 bits per heavy atom. The lowest BCUT2D eigenvalue weighted by Crippen LogP contribution is -2.50. The van der Waals surface area contributed by atoms with E-state index >= 15 is 0 Å². The number of primary amides is 1. The van der Waals surface area contributed by atoms with Crippen molar-refractivity contribution < 1.29 is 23.1 Å². The van der Waals surface area contributed by atoms with Crippen LogP contribution >= 0.6 is 0 Å². The minimum absolute atomic E-state index is 0.0659.